The molecule has 1 heterocycles. The van der Waals surface area contributed by atoms with Gasteiger partial charge in [0, 0.05) is 11.8 Å². The zero-order valence-corrected chi connectivity index (χ0v) is 7.72. The Morgan fingerprint density at radius 1 is 1.38 bits per heavy atom. The van der Waals surface area contributed by atoms with Gasteiger partial charge in [0.25, 0.3) is 6.43 Å². The molecule has 0 atom stereocenters. The van der Waals surface area contributed by atoms with Crippen LogP contribution in [-0.4, -0.2) is 4.98 Å². The first kappa shape index (κ1) is 12.4. The Bertz CT molecular complexity index is 419. The third-order valence-corrected chi connectivity index (χ3v) is 1.81. The molecule has 0 aliphatic carbocycles. The molecule has 1 aromatic rings. The van der Waals surface area contributed by atoms with Gasteiger partial charge < -0.3 is 0 Å². The van der Waals surface area contributed by atoms with Crippen LogP contribution in [0.1, 0.15) is 23.2 Å². The Morgan fingerprint density at radius 2 is 2.00 bits per heavy atom. The molecule has 7 heteroatoms. The van der Waals surface area contributed by atoms with Gasteiger partial charge in [-0.25, -0.2) is 8.78 Å². The van der Waals surface area contributed by atoms with Gasteiger partial charge in [-0.1, -0.05) is 0 Å². The smallest absolute Gasteiger partial charge is 0.259 e. The molecule has 0 fully saturated rings. The predicted molar refractivity (Wildman–Crippen MR) is 43.5 cm³/mol. The molecule has 1 aromatic heterocycles. The molecule has 0 aromatic carbocycles. The average molecular weight is 236 g/mol. The van der Waals surface area contributed by atoms with Crippen molar-refractivity contribution < 1.29 is 22.0 Å². The number of halogens is 5. The molecule has 0 unspecified atom stereocenters. The summed E-state index contributed by atoms with van der Waals surface area (Å²) in [5.74, 6) is 0. The Balaban J connectivity index is 3.24. The summed E-state index contributed by atoms with van der Waals surface area (Å²) in [7, 11) is 0. The number of rotatable bonds is 2. The Hall–Kier alpha value is -1.71. The van der Waals surface area contributed by atoms with Crippen LogP contribution in [-0.2, 0) is 12.6 Å². The number of alkyl halides is 5. The van der Waals surface area contributed by atoms with Crippen LogP contribution in [0.3, 0.4) is 0 Å². The van der Waals surface area contributed by atoms with Crippen molar-refractivity contribution in [2.45, 2.75) is 19.0 Å². The summed E-state index contributed by atoms with van der Waals surface area (Å²) in [6, 6.07) is 1.88. The quantitative estimate of drug-likeness (QED) is 0.740. The van der Waals surface area contributed by atoms with Crippen LogP contribution in [0.4, 0.5) is 22.0 Å². The second-order valence-electron chi connectivity index (χ2n) is 2.89. The van der Waals surface area contributed by atoms with Gasteiger partial charge >= 0.3 is 6.18 Å². The van der Waals surface area contributed by atoms with Gasteiger partial charge in [0.2, 0.25) is 0 Å². The highest BCUT2D eigenvalue weighted by molar-refractivity contribution is 5.29. The molecule has 0 saturated carbocycles. The Morgan fingerprint density at radius 3 is 2.44 bits per heavy atom. The normalized spacial score (nSPS) is 11.6. The molecule has 0 radical (unpaired) electrons. The lowest BCUT2D eigenvalue weighted by atomic mass is 10.1. The number of aromatic nitrogens is 1. The Kier molecular flexibility index (Phi) is 3.42. The number of nitriles is 1. The molecule has 0 amide bonds. The van der Waals surface area contributed by atoms with Crippen molar-refractivity contribution in [2.24, 2.45) is 0 Å². The second-order valence-corrected chi connectivity index (χ2v) is 2.89. The zero-order valence-electron chi connectivity index (χ0n) is 7.72. The van der Waals surface area contributed by atoms with Crippen molar-refractivity contribution in [3.63, 3.8) is 0 Å². The van der Waals surface area contributed by atoms with E-state index in [0.29, 0.717) is 12.3 Å². The van der Waals surface area contributed by atoms with Gasteiger partial charge in [-0.3, -0.25) is 4.98 Å². The number of pyridine rings is 1. The minimum absolute atomic E-state index is 0.324. The van der Waals surface area contributed by atoms with Crippen molar-refractivity contribution >= 4 is 0 Å². The van der Waals surface area contributed by atoms with E-state index in [2.05, 4.69) is 4.98 Å². The summed E-state index contributed by atoms with van der Waals surface area (Å²) in [6.07, 6.45) is -7.81. The van der Waals surface area contributed by atoms with Crippen LogP contribution < -0.4 is 0 Å². The van der Waals surface area contributed by atoms with Crippen molar-refractivity contribution in [1.82, 2.24) is 4.98 Å². The van der Waals surface area contributed by atoms with Gasteiger partial charge in [0.15, 0.2) is 0 Å². The van der Waals surface area contributed by atoms with Crippen molar-refractivity contribution in [3.05, 3.63) is 29.1 Å². The molecular weight excluding hydrogens is 231 g/mol. The third-order valence-electron chi connectivity index (χ3n) is 1.81. The van der Waals surface area contributed by atoms with E-state index >= 15 is 0 Å². The molecule has 1 rings (SSSR count). The van der Waals surface area contributed by atoms with E-state index in [9.17, 15) is 22.0 Å². The second kappa shape index (κ2) is 4.43. The van der Waals surface area contributed by atoms with Crippen molar-refractivity contribution in [1.29, 1.82) is 5.26 Å². The van der Waals surface area contributed by atoms with Gasteiger partial charge in [-0.05, 0) is 6.07 Å². The highest BCUT2D eigenvalue weighted by Gasteiger charge is 2.32. The number of nitrogens with zero attached hydrogens (tertiary/aromatic N) is 2. The molecule has 0 saturated heterocycles. The maximum absolute atomic E-state index is 12.4. The SMILES string of the molecule is N#CCc1ncc(C(F)(F)F)cc1C(F)F. The van der Waals surface area contributed by atoms with E-state index in [1.54, 1.807) is 6.07 Å². The van der Waals surface area contributed by atoms with E-state index < -0.39 is 30.1 Å². The maximum Gasteiger partial charge on any atom is 0.417 e. The largest absolute Gasteiger partial charge is 0.417 e. The fourth-order valence-corrected chi connectivity index (χ4v) is 1.08. The van der Waals surface area contributed by atoms with Crippen LogP contribution >= 0.6 is 0 Å². The average Bonchev–Trinajstić information content (AvgIpc) is 2.16. The van der Waals surface area contributed by atoms with Crippen molar-refractivity contribution in [3.8, 4) is 6.07 Å². The monoisotopic (exact) mass is 236 g/mol. The first-order chi connectivity index (χ1) is 7.36. The van der Waals surface area contributed by atoms with E-state index in [0.717, 1.165) is 0 Å². The maximum atomic E-state index is 12.4. The van der Waals surface area contributed by atoms with Crippen molar-refractivity contribution in [2.75, 3.05) is 0 Å². The third kappa shape index (κ3) is 2.66. The van der Waals surface area contributed by atoms with E-state index in [1.807, 2.05) is 0 Å². The van der Waals surface area contributed by atoms with Crippen LogP contribution in [0.25, 0.3) is 0 Å². The zero-order chi connectivity index (χ0) is 12.3. The van der Waals surface area contributed by atoms with E-state index in [1.165, 1.54) is 0 Å². The first-order valence-electron chi connectivity index (χ1n) is 4.07. The van der Waals surface area contributed by atoms with E-state index in [-0.39, 0.29) is 5.69 Å². The lowest BCUT2D eigenvalue weighted by Crippen LogP contribution is -2.09. The molecule has 2 nitrogen and oxygen atoms in total. The predicted octanol–water partition coefficient (Wildman–Crippen LogP) is 3.10. The molecule has 0 spiro atoms. The summed E-state index contributed by atoms with van der Waals surface area (Å²) in [4.78, 5) is 3.23. The van der Waals surface area contributed by atoms with Crippen LogP contribution in [0, 0.1) is 11.3 Å². The fourth-order valence-electron chi connectivity index (χ4n) is 1.08. The fraction of sp³-hybridized carbons (Fsp3) is 0.333. The first-order valence-corrected chi connectivity index (χ1v) is 4.07. The van der Waals surface area contributed by atoms with Crippen LogP contribution in [0.2, 0.25) is 0 Å². The van der Waals surface area contributed by atoms with Crippen LogP contribution in [0.5, 0.6) is 0 Å². The number of hydrogen-bond donors (Lipinski definition) is 0. The molecule has 0 aliphatic heterocycles. The van der Waals surface area contributed by atoms with Crippen LogP contribution in [0.15, 0.2) is 12.3 Å². The summed E-state index contributed by atoms with van der Waals surface area (Å²) in [6.45, 7) is 0. The minimum atomic E-state index is -4.72. The summed E-state index contributed by atoms with van der Waals surface area (Å²) < 4.78 is 61.4. The molecule has 86 valence electrons. The topological polar surface area (TPSA) is 36.7 Å². The van der Waals surface area contributed by atoms with Gasteiger partial charge in [-0.2, -0.15) is 18.4 Å². The summed E-state index contributed by atoms with van der Waals surface area (Å²) in [5, 5.41) is 8.30. The molecule has 16 heavy (non-hydrogen) atoms. The summed E-state index contributed by atoms with van der Waals surface area (Å²) in [5.41, 5.74) is -2.42. The van der Waals surface area contributed by atoms with Gasteiger partial charge in [0.1, 0.15) is 0 Å². The minimum Gasteiger partial charge on any atom is -0.259 e. The highest BCUT2D eigenvalue weighted by Crippen LogP contribution is 2.32. The number of hydrogen-bond acceptors (Lipinski definition) is 2. The van der Waals surface area contributed by atoms with E-state index in [4.69, 9.17) is 5.26 Å². The standard InChI is InChI=1S/C9H5F5N2/c10-8(11)6-3-5(9(12,13)14)4-16-7(6)1-2-15/h3-4,8H,1H2. The van der Waals surface area contributed by atoms with Gasteiger partial charge in [-0.15, -0.1) is 0 Å². The molecule has 0 aliphatic rings. The van der Waals surface area contributed by atoms with Gasteiger partial charge in [0.05, 0.1) is 23.7 Å². The molecule has 0 bridgehead atoms. The lowest BCUT2D eigenvalue weighted by Gasteiger charge is -2.10. The molecule has 0 N–H and O–H groups in total. The Labute approximate surface area is 87.3 Å². The summed E-state index contributed by atoms with van der Waals surface area (Å²) >= 11 is 0. The lowest BCUT2D eigenvalue weighted by molar-refractivity contribution is -0.138. The highest BCUT2D eigenvalue weighted by atomic mass is 19.4. The molecular formula is C9H5F5N2.